The van der Waals surface area contributed by atoms with Gasteiger partial charge >= 0.3 is 0 Å². The molecule has 1 aromatic carbocycles. The maximum absolute atomic E-state index is 5.70. The van der Waals surface area contributed by atoms with Crippen LogP contribution in [0.4, 0.5) is 0 Å². The monoisotopic (exact) mass is 234 g/mol. The summed E-state index contributed by atoms with van der Waals surface area (Å²) < 4.78 is 10.8. The zero-order valence-corrected chi connectivity index (χ0v) is 10.5. The lowest BCUT2D eigenvalue weighted by Crippen LogP contribution is -2.27. The SMILES string of the molecule is CCNC(C)Cc1nc2ccc(OC)cc2o1. The van der Waals surface area contributed by atoms with Gasteiger partial charge in [0, 0.05) is 18.5 Å². The number of hydrogen-bond acceptors (Lipinski definition) is 4. The number of nitrogens with one attached hydrogen (secondary N) is 1. The van der Waals surface area contributed by atoms with Gasteiger partial charge in [0.2, 0.25) is 0 Å². The minimum atomic E-state index is 0.370. The van der Waals surface area contributed by atoms with Gasteiger partial charge in [0.25, 0.3) is 0 Å². The quantitative estimate of drug-likeness (QED) is 0.862. The Bertz CT molecular complexity index is 493. The van der Waals surface area contributed by atoms with E-state index in [-0.39, 0.29) is 0 Å². The molecule has 1 heterocycles. The number of rotatable bonds is 5. The molecule has 0 spiro atoms. The first-order valence-corrected chi connectivity index (χ1v) is 5.89. The van der Waals surface area contributed by atoms with Gasteiger partial charge in [-0.2, -0.15) is 0 Å². The maximum Gasteiger partial charge on any atom is 0.197 e. The third-order valence-electron chi connectivity index (χ3n) is 2.67. The van der Waals surface area contributed by atoms with Crippen molar-refractivity contribution >= 4 is 11.1 Å². The molecule has 2 aromatic rings. The normalized spacial score (nSPS) is 12.9. The highest BCUT2D eigenvalue weighted by atomic mass is 16.5. The van der Waals surface area contributed by atoms with E-state index in [0.717, 1.165) is 35.7 Å². The fourth-order valence-corrected chi connectivity index (χ4v) is 1.85. The molecule has 0 fully saturated rings. The predicted molar refractivity (Wildman–Crippen MR) is 67.4 cm³/mol. The van der Waals surface area contributed by atoms with Crippen molar-refractivity contribution in [1.82, 2.24) is 10.3 Å². The Morgan fingerprint density at radius 3 is 3.00 bits per heavy atom. The first kappa shape index (κ1) is 11.9. The summed E-state index contributed by atoms with van der Waals surface area (Å²) in [5, 5.41) is 3.34. The van der Waals surface area contributed by atoms with Crippen LogP contribution in [0.3, 0.4) is 0 Å². The van der Waals surface area contributed by atoms with E-state index in [4.69, 9.17) is 9.15 Å². The van der Waals surface area contributed by atoms with Crippen molar-refractivity contribution in [1.29, 1.82) is 0 Å². The Balaban J connectivity index is 2.19. The van der Waals surface area contributed by atoms with E-state index in [1.165, 1.54) is 0 Å². The number of likely N-dealkylation sites (N-methyl/N-ethyl adjacent to an activating group) is 1. The van der Waals surface area contributed by atoms with E-state index in [1.807, 2.05) is 18.2 Å². The number of nitrogens with zero attached hydrogens (tertiary/aromatic N) is 1. The van der Waals surface area contributed by atoms with Crippen molar-refractivity contribution in [2.45, 2.75) is 26.3 Å². The molecule has 92 valence electrons. The zero-order chi connectivity index (χ0) is 12.3. The van der Waals surface area contributed by atoms with Crippen LogP contribution in [0.15, 0.2) is 22.6 Å². The van der Waals surface area contributed by atoms with Crippen LogP contribution in [0.25, 0.3) is 11.1 Å². The fourth-order valence-electron chi connectivity index (χ4n) is 1.85. The zero-order valence-electron chi connectivity index (χ0n) is 10.5. The molecule has 1 unspecified atom stereocenters. The number of benzene rings is 1. The number of hydrogen-bond donors (Lipinski definition) is 1. The summed E-state index contributed by atoms with van der Waals surface area (Å²) >= 11 is 0. The lowest BCUT2D eigenvalue weighted by atomic mass is 10.2. The average Bonchev–Trinajstić information content (AvgIpc) is 2.69. The lowest BCUT2D eigenvalue weighted by molar-refractivity contribution is 0.414. The Morgan fingerprint density at radius 2 is 2.29 bits per heavy atom. The third kappa shape index (κ3) is 2.77. The van der Waals surface area contributed by atoms with Gasteiger partial charge in [-0.25, -0.2) is 4.98 Å². The van der Waals surface area contributed by atoms with Gasteiger partial charge in [-0.3, -0.25) is 0 Å². The Hall–Kier alpha value is -1.55. The number of aromatic nitrogens is 1. The van der Waals surface area contributed by atoms with Crippen molar-refractivity contribution in [2.24, 2.45) is 0 Å². The molecule has 1 aromatic heterocycles. The van der Waals surface area contributed by atoms with Crippen LogP contribution >= 0.6 is 0 Å². The number of ether oxygens (including phenoxy) is 1. The van der Waals surface area contributed by atoms with Crippen LogP contribution in [-0.4, -0.2) is 24.7 Å². The molecule has 4 nitrogen and oxygen atoms in total. The molecule has 0 aliphatic rings. The highest BCUT2D eigenvalue weighted by Crippen LogP contribution is 2.21. The van der Waals surface area contributed by atoms with Gasteiger partial charge in [0.15, 0.2) is 11.5 Å². The summed E-state index contributed by atoms with van der Waals surface area (Å²) in [4.78, 5) is 4.45. The minimum absolute atomic E-state index is 0.370. The third-order valence-corrected chi connectivity index (χ3v) is 2.67. The molecule has 0 aliphatic heterocycles. The Kier molecular flexibility index (Phi) is 3.64. The van der Waals surface area contributed by atoms with Crippen LogP contribution in [0.5, 0.6) is 5.75 Å². The van der Waals surface area contributed by atoms with Crippen LogP contribution in [-0.2, 0) is 6.42 Å². The van der Waals surface area contributed by atoms with E-state index in [2.05, 4.69) is 24.1 Å². The Morgan fingerprint density at radius 1 is 1.47 bits per heavy atom. The van der Waals surface area contributed by atoms with E-state index >= 15 is 0 Å². The molecular weight excluding hydrogens is 216 g/mol. The van der Waals surface area contributed by atoms with Gasteiger partial charge in [-0.05, 0) is 25.6 Å². The second-order valence-corrected chi connectivity index (χ2v) is 4.10. The van der Waals surface area contributed by atoms with Gasteiger partial charge in [0.05, 0.1) is 7.11 Å². The molecular formula is C13H18N2O2. The van der Waals surface area contributed by atoms with Crippen LogP contribution in [0.1, 0.15) is 19.7 Å². The molecule has 17 heavy (non-hydrogen) atoms. The van der Waals surface area contributed by atoms with Crippen molar-refractivity contribution in [3.63, 3.8) is 0 Å². The Labute approximate surface area is 101 Å². The van der Waals surface area contributed by atoms with E-state index in [9.17, 15) is 0 Å². The molecule has 0 radical (unpaired) electrons. The summed E-state index contributed by atoms with van der Waals surface area (Å²) in [6.07, 6.45) is 0.796. The van der Waals surface area contributed by atoms with Gasteiger partial charge < -0.3 is 14.5 Å². The lowest BCUT2D eigenvalue weighted by Gasteiger charge is -2.08. The summed E-state index contributed by atoms with van der Waals surface area (Å²) in [5.41, 5.74) is 1.66. The summed E-state index contributed by atoms with van der Waals surface area (Å²) in [6.45, 7) is 5.17. The first-order valence-electron chi connectivity index (χ1n) is 5.89. The second kappa shape index (κ2) is 5.19. The molecule has 2 rings (SSSR count). The van der Waals surface area contributed by atoms with E-state index < -0.39 is 0 Å². The van der Waals surface area contributed by atoms with Gasteiger partial charge in [-0.15, -0.1) is 0 Å². The minimum Gasteiger partial charge on any atom is -0.497 e. The number of methoxy groups -OCH3 is 1. The van der Waals surface area contributed by atoms with Crippen molar-refractivity contribution < 1.29 is 9.15 Å². The molecule has 0 saturated carbocycles. The van der Waals surface area contributed by atoms with Gasteiger partial charge in [0.1, 0.15) is 11.3 Å². The molecule has 0 amide bonds. The maximum atomic E-state index is 5.70. The highest BCUT2D eigenvalue weighted by Gasteiger charge is 2.10. The van der Waals surface area contributed by atoms with Crippen molar-refractivity contribution in [3.05, 3.63) is 24.1 Å². The molecule has 1 N–H and O–H groups in total. The summed E-state index contributed by atoms with van der Waals surface area (Å²) in [7, 11) is 1.64. The fraction of sp³-hybridized carbons (Fsp3) is 0.462. The average molecular weight is 234 g/mol. The van der Waals surface area contributed by atoms with Crippen LogP contribution in [0, 0.1) is 0 Å². The van der Waals surface area contributed by atoms with E-state index in [1.54, 1.807) is 7.11 Å². The molecule has 1 atom stereocenters. The van der Waals surface area contributed by atoms with Crippen LogP contribution in [0.2, 0.25) is 0 Å². The second-order valence-electron chi connectivity index (χ2n) is 4.10. The number of oxazole rings is 1. The molecule has 0 bridgehead atoms. The topological polar surface area (TPSA) is 47.3 Å². The first-order chi connectivity index (χ1) is 8.22. The molecule has 0 aliphatic carbocycles. The molecule has 0 saturated heterocycles. The molecule has 4 heteroatoms. The summed E-state index contributed by atoms with van der Waals surface area (Å²) in [6, 6.07) is 6.04. The number of fused-ring (bicyclic) bond motifs is 1. The van der Waals surface area contributed by atoms with Crippen molar-refractivity contribution in [2.75, 3.05) is 13.7 Å². The van der Waals surface area contributed by atoms with Gasteiger partial charge in [-0.1, -0.05) is 6.92 Å². The van der Waals surface area contributed by atoms with E-state index in [0.29, 0.717) is 6.04 Å². The predicted octanol–water partition coefficient (Wildman–Crippen LogP) is 2.38. The summed E-state index contributed by atoms with van der Waals surface area (Å²) in [5.74, 6) is 1.56. The van der Waals surface area contributed by atoms with Crippen LogP contribution < -0.4 is 10.1 Å². The standard InChI is InChI=1S/C13H18N2O2/c1-4-14-9(2)7-13-15-11-6-5-10(16-3)8-12(11)17-13/h5-6,8-9,14H,4,7H2,1-3H3. The highest BCUT2D eigenvalue weighted by molar-refractivity contribution is 5.74. The smallest absolute Gasteiger partial charge is 0.197 e. The van der Waals surface area contributed by atoms with Crippen molar-refractivity contribution in [3.8, 4) is 5.75 Å². The largest absolute Gasteiger partial charge is 0.497 e.